The Morgan fingerprint density at radius 2 is 2.00 bits per heavy atom. The summed E-state index contributed by atoms with van der Waals surface area (Å²) in [5.74, 6) is 2.28. The molecule has 2 aliphatic carbocycles. The van der Waals surface area contributed by atoms with Crippen molar-refractivity contribution in [3.05, 3.63) is 34.7 Å². The van der Waals surface area contributed by atoms with Crippen molar-refractivity contribution in [3.8, 4) is 0 Å². The van der Waals surface area contributed by atoms with Crippen molar-refractivity contribution >= 4 is 11.5 Å². The summed E-state index contributed by atoms with van der Waals surface area (Å²) < 4.78 is 5.91. The lowest BCUT2D eigenvalue weighted by molar-refractivity contribution is 0.256. The molecule has 3 rings (SSSR count). The van der Waals surface area contributed by atoms with Crippen LogP contribution in [0.3, 0.4) is 0 Å². The third-order valence-electron chi connectivity index (χ3n) is 3.49. The molecule has 0 aliphatic heterocycles. The van der Waals surface area contributed by atoms with Gasteiger partial charge in [-0.3, -0.25) is 0 Å². The minimum Gasteiger partial charge on any atom is -0.497 e. The summed E-state index contributed by atoms with van der Waals surface area (Å²) in [6, 6.07) is 8.34. The molecular weight excluding hydrogens is 198 g/mol. The summed E-state index contributed by atoms with van der Waals surface area (Å²) >= 11 is 0. The third kappa shape index (κ3) is 1.33. The molecule has 0 saturated heterocycles. The second-order valence-corrected chi connectivity index (χ2v) is 4.66. The van der Waals surface area contributed by atoms with Crippen LogP contribution in [0.2, 0.25) is 0 Å². The van der Waals surface area contributed by atoms with Gasteiger partial charge in [-0.05, 0) is 12.8 Å². The van der Waals surface area contributed by atoms with Crippen molar-refractivity contribution in [1.29, 1.82) is 0 Å². The quantitative estimate of drug-likeness (QED) is 0.814. The maximum absolute atomic E-state index is 6.17. The van der Waals surface area contributed by atoms with Crippen LogP contribution in [-0.4, -0.2) is 6.61 Å². The zero-order valence-corrected chi connectivity index (χ0v) is 9.57. The summed E-state index contributed by atoms with van der Waals surface area (Å²) in [4.78, 5) is 0. The van der Waals surface area contributed by atoms with E-state index in [2.05, 4.69) is 25.1 Å². The van der Waals surface area contributed by atoms with E-state index in [4.69, 9.17) is 10.5 Å². The number of nitrogens with two attached hydrogens (primary N) is 1. The Labute approximate surface area is 95.4 Å². The van der Waals surface area contributed by atoms with Gasteiger partial charge < -0.3 is 10.5 Å². The summed E-state index contributed by atoms with van der Waals surface area (Å²) in [7, 11) is 0. The molecule has 1 saturated carbocycles. The summed E-state index contributed by atoms with van der Waals surface area (Å²) in [5.41, 5.74) is 7.23. The average molecular weight is 215 g/mol. The highest BCUT2D eigenvalue weighted by Crippen LogP contribution is 2.49. The lowest BCUT2D eigenvalue weighted by atomic mass is 10.0. The normalized spacial score (nSPS) is 26.1. The van der Waals surface area contributed by atoms with Crippen molar-refractivity contribution in [1.82, 2.24) is 0 Å². The summed E-state index contributed by atoms with van der Waals surface area (Å²) in [6.07, 6.45) is 2.22. The minimum atomic E-state index is 0.543. The number of rotatable bonds is 3. The molecule has 16 heavy (non-hydrogen) atoms. The summed E-state index contributed by atoms with van der Waals surface area (Å²) in [6.45, 7) is 2.95. The lowest BCUT2D eigenvalue weighted by Crippen LogP contribution is -2.36. The highest BCUT2D eigenvalue weighted by atomic mass is 16.5. The molecule has 2 unspecified atom stereocenters. The molecule has 0 heterocycles. The highest BCUT2D eigenvalue weighted by molar-refractivity contribution is 5.62. The van der Waals surface area contributed by atoms with Crippen LogP contribution in [0.5, 0.6) is 0 Å². The topological polar surface area (TPSA) is 35.2 Å². The monoisotopic (exact) mass is 215 g/mol. The zero-order chi connectivity index (χ0) is 11.1. The van der Waals surface area contributed by atoms with Gasteiger partial charge in [-0.2, -0.15) is 0 Å². The Kier molecular flexibility index (Phi) is 2.16. The fourth-order valence-corrected chi connectivity index (χ4v) is 2.57. The van der Waals surface area contributed by atoms with Crippen molar-refractivity contribution in [2.24, 2.45) is 17.6 Å². The largest absolute Gasteiger partial charge is 0.497 e. The Morgan fingerprint density at radius 3 is 2.75 bits per heavy atom. The first-order valence-corrected chi connectivity index (χ1v) is 6.04. The first-order valence-electron chi connectivity index (χ1n) is 6.04. The molecular formula is C14H17NO. The van der Waals surface area contributed by atoms with Crippen LogP contribution in [-0.2, 0) is 4.74 Å². The Morgan fingerprint density at radius 1 is 1.25 bits per heavy atom. The van der Waals surface area contributed by atoms with E-state index in [-0.39, 0.29) is 0 Å². The molecule has 1 aromatic rings. The number of benzene rings is 1. The standard InChI is InChI=1S/C14H17NO/c1-2-7-16-14-10-6-4-3-5-9(10)13(15)11-8-12(11)14/h3-6,11-12H,2,7-8,15H2,1H3. The smallest absolute Gasteiger partial charge is 0.108 e. The first kappa shape index (κ1) is 9.76. The van der Waals surface area contributed by atoms with Crippen LogP contribution in [0.4, 0.5) is 0 Å². The first-order chi connectivity index (χ1) is 7.83. The minimum absolute atomic E-state index is 0.543. The van der Waals surface area contributed by atoms with E-state index in [0.29, 0.717) is 11.8 Å². The zero-order valence-electron chi connectivity index (χ0n) is 9.57. The Bertz CT molecular complexity index is 532. The van der Waals surface area contributed by atoms with Gasteiger partial charge in [0.25, 0.3) is 0 Å². The van der Waals surface area contributed by atoms with Crippen molar-refractivity contribution in [2.75, 3.05) is 6.61 Å². The second-order valence-electron chi connectivity index (χ2n) is 4.66. The number of hydrogen-bond acceptors (Lipinski definition) is 2. The molecule has 2 aliphatic rings. The number of hydrogen-bond donors (Lipinski definition) is 1. The highest BCUT2D eigenvalue weighted by Gasteiger charge is 2.45. The summed E-state index contributed by atoms with van der Waals surface area (Å²) in [5, 5.41) is 2.40. The molecule has 0 aromatic heterocycles. The Hall–Kier alpha value is -1.44. The van der Waals surface area contributed by atoms with E-state index in [9.17, 15) is 0 Å². The molecule has 1 fully saturated rings. The van der Waals surface area contributed by atoms with E-state index in [1.54, 1.807) is 0 Å². The van der Waals surface area contributed by atoms with Gasteiger partial charge in [0.2, 0.25) is 0 Å². The van der Waals surface area contributed by atoms with E-state index >= 15 is 0 Å². The Balaban J connectivity index is 2.19. The van der Waals surface area contributed by atoms with E-state index < -0.39 is 0 Å². The molecule has 0 amide bonds. The van der Waals surface area contributed by atoms with Crippen molar-refractivity contribution in [2.45, 2.75) is 19.8 Å². The number of ether oxygens (including phenoxy) is 1. The third-order valence-corrected chi connectivity index (χ3v) is 3.49. The van der Waals surface area contributed by atoms with Gasteiger partial charge in [0, 0.05) is 28.0 Å². The molecule has 2 atom stereocenters. The van der Waals surface area contributed by atoms with E-state index in [1.165, 1.54) is 22.6 Å². The van der Waals surface area contributed by atoms with Crippen LogP contribution in [0, 0.1) is 11.8 Å². The molecule has 84 valence electrons. The van der Waals surface area contributed by atoms with E-state index in [0.717, 1.165) is 18.7 Å². The van der Waals surface area contributed by atoms with Crippen LogP contribution in [0.25, 0.3) is 11.5 Å². The van der Waals surface area contributed by atoms with Gasteiger partial charge in [0.1, 0.15) is 5.76 Å². The lowest BCUT2D eigenvalue weighted by Gasteiger charge is -2.14. The van der Waals surface area contributed by atoms with Crippen LogP contribution < -0.4 is 16.2 Å². The molecule has 2 nitrogen and oxygen atoms in total. The van der Waals surface area contributed by atoms with E-state index in [1.807, 2.05) is 6.07 Å². The molecule has 2 N–H and O–H groups in total. The fourth-order valence-electron chi connectivity index (χ4n) is 2.57. The van der Waals surface area contributed by atoms with Crippen LogP contribution in [0.1, 0.15) is 19.8 Å². The van der Waals surface area contributed by atoms with Crippen LogP contribution >= 0.6 is 0 Å². The van der Waals surface area contributed by atoms with Gasteiger partial charge in [-0.1, -0.05) is 31.2 Å². The molecule has 0 radical (unpaired) electrons. The molecule has 0 spiro atoms. The predicted octanol–water partition coefficient (Wildman–Crippen LogP) is 0.938. The molecule has 0 bridgehead atoms. The van der Waals surface area contributed by atoms with Gasteiger partial charge in [0.05, 0.1) is 6.61 Å². The van der Waals surface area contributed by atoms with Crippen LogP contribution in [0.15, 0.2) is 24.3 Å². The van der Waals surface area contributed by atoms with Gasteiger partial charge >= 0.3 is 0 Å². The number of fused-ring (bicyclic) bond motifs is 2. The van der Waals surface area contributed by atoms with Gasteiger partial charge in [0.15, 0.2) is 0 Å². The van der Waals surface area contributed by atoms with Crippen molar-refractivity contribution in [3.63, 3.8) is 0 Å². The predicted molar refractivity (Wildman–Crippen MR) is 64.5 cm³/mol. The average Bonchev–Trinajstić information content (AvgIpc) is 3.09. The molecule has 1 aromatic carbocycles. The van der Waals surface area contributed by atoms with Gasteiger partial charge in [-0.25, -0.2) is 0 Å². The SMILES string of the molecule is CCCOC1=c2ccccc2=C(N)C2CC12. The fraction of sp³-hybridized carbons (Fsp3) is 0.429. The maximum Gasteiger partial charge on any atom is 0.108 e. The van der Waals surface area contributed by atoms with Crippen molar-refractivity contribution < 1.29 is 4.74 Å². The van der Waals surface area contributed by atoms with Gasteiger partial charge in [-0.15, -0.1) is 0 Å². The maximum atomic E-state index is 6.17. The molecule has 2 heteroatoms. The second kappa shape index (κ2) is 3.55.